The fourth-order valence-electron chi connectivity index (χ4n) is 2.04. The Morgan fingerprint density at radius 1 is 1.27 bits per heavy atom. The molecule has 114 valence electrons. The molecular weight excluding hydrogens is 282 g/mol. The van der Waals surface area contributed by atoms with E-state index in [2.05, 4.69) is 5.32 Å². The summed E-state index contributed by atoms with van der Waals surface area (Å²) in [5, 5.41) is 12.9. The van der Waals surface area contributed by atoms with Crippen molar-refractivity contribution in [3.05, 3.63) is 53.6 Å². The smallest absolute Gasteiger partial charge is 0.302 e. The number of hydrogen-bond acceptors (Lipinski definition) is 5. The normalized spacial score (nSPS) is 10.0. The van der Waals surface area contributed by atoms with E-state index in [1.54, 1.807) is 12.1 Å². The number of phenols is 1. The van der Waals surface area contributed by atoms with E-state index in [1.807, 2.05) is 24.3 Å². The van der Waals surface area contributed by atoms with Gasteiger partial charge >= 0.3 is 5.97 Å². The molecule has 0 fully saturated rings. The van der Waals surface area contributed by atoms with Gasteiger partial charge in [0.25, 0.3) is 0 Å². The second-order valence-electron chi connectivity index (χ2n) is 4.76. The molecule has 0 atom stereocenters. The largest absolute Gasteiger partial charge is 0.507 e. The van der Waals surface area contributed by atoms with Crippen molar-refractivity contribution < 1.29 is 19.4 Å². The summed E-state index contributed by atoms with van der Waals surface area (Å²) in [5.74, 6) is -0.378. The molecule has 0 aromatic heterocycles. The number of carbonyl (C=O) groups excluding carboxylic acids is 2. The molecule has 0 amide bonds. The van der Waals surface area contributed by atoms with Gasteiger partial charge in [0.05, 0.1) is 12.2 Å². The molecule has 2 aromatic rings. The minimum Gasteiger partial charge on any atom is -0.507 e. The quantitative estimate of drug-likeness (QED) is 0.633. The Bertz CT molecular complexity index is 682. The zero-order valence-corrected chi connectivity index (χ0v) is 12.2. The summed E-state index contributed by atoms with van der Waals surface area (Å²) in [6.07, 6.45) is 1.19. The summed E-state index contributed by atoms with van der Waals surface area (Å²) >= 11 is 0. The fourth-order valence-corrected chi connectivity index (χ4v) is 2.04. The van der Waals surface area contributed by atoms with Gasteiger partial charge in [-0.3, -0.25) is 9.59 Å². The van der Waals surface area contributed by atoms with Crippen LogP contribution in [-0.2, 0) is 16.0 Å². The minimum atomic E-state index is -0.306. The molecule has 0 saturated carbocycles. The number of esters is 1. The number of aldehydes is 1. The van der Waals surface area contributed by atoms with Crippen LogP contribution in [0.4, 0.5) is 11.4 Å². The molecule has 2 N–H and O–H groups in total. The molecule has 2 aromatic carbocycles. The highest BCUT2D eigenvalue weighted by molar-refractivity contribution is 5.81. The Morgan fingerprint density at radius 2 is 2.05 bits per heavy atom. The summed E-state index contributed by atoms with van der Waals surface area (Å²) in [4.78, 5) is 21.5. The van der Waals surface area contributed by atoms with Crippen molar-refractivity contribution in [2.75, 3.05) is 11.9 Å². The van der Waals surface area contributed by atoms with Crippen LogP contribution >= 0.6 is 0 Å². The van der Waals surface area contributed by atoms with Crippen LogP contribution in [0, 0.1) is 0 Å². The van der Waals surface area contributed by atoms with Crippen molar-refractivity contribution in [3.63, 3.8) is 0 Å². The second kappa shape index (κ2) is 7.26. The number of phenolic OH excluding ortho intramolecular Hbond substituents is 1. The van der Waals surface area contributed by atoms with Crippen LogP contribution in [0.3, 0.4) is 0 Å². The predicted molar refractivity (Wildman–Crippen MR) is 83.6 cm³/mol. The van der Waals surface area contributed by atoms with Crippen LogP contribution < -0.4 is 5.32 Å². The van der Waals surface area contributed by atoms with E-state index in [1.165, 1.54) is 13.0 Å². The zero-order valence-electron chi connectivity index (χ0n) is 12.2. The molecule has 0 aliphatic rings. The fraction of sp³-hybridized carbons (Fsp3) is 0.176. The highest BCUT2D eigenvalue weighted by Gasteiger charge is 2.06. The first kappa shape index (κ1) is 15.6. The highest BCUT2D eigenvalue weighted by atomic mass is 16.5. The lowest BCUT2D eigenvalue weighted by molar-refractivity contribution is -0.140. The van der Waals surface area contributed by atoms with E-state index in [-0.39, 0.29) is 17.3 Å². The van der Waals surface area contributed by atoms with Gasteiger partial charge in [-0.1, -0.05) is 18.2 Å². The van der Waals surface area contributed by atoms with Crippen molar-refractivity contribution in [1.82, 2.24) is 0 Å². The van der Waals surface area contributed by atoms with Gasteiger partial charge in [0.2, 0.25) is 0 Å². The first-order chi connectivity index (χ1) is 10.6. The Hall–Kier alpha value is -2.82. The SMILES string of the molecule is CC(=O)OCCc1ccccc1Nc1ccc(C=O)c(O)c1. The van der Waals surface area contributed by atoms with Gasteiger partial charge in [-0.2, -0.15) is 0 Å². The maximum atomic E-state index is 10.8. The third kappa shape index (κ3) is 4.09. The van der Waals surface area contributed by atoms with Crippen LogP contribution in [0.15, 0.2) is 42.5 Å². The van der Waals surface area contributed by atoms with E-state index < -0.39 is 0 Å². The maximum Gasteiger partial charge on any atom is 0.302 e. The van der Waals surface area contributed by atoms with Crippen molar-refractivity contribution in [3.8, 4) is 5.75 Å². The van der Waals surface area contributed by atoms with Crippen molar-refractivity contribution in [2.24, 2.45) is 0 Å². The number of anilines is 2. The number of para-hydroxylation sites is 1. The van der Waals surface area contributed by atoms with E-state index in [9.17, 15) is 14.7 Å². The maximum absolute atomic E-state index is 10.8. The molecule has 2 rings (SSSR count). The number of benzene rings is 2. The zero-order chi connectivity index (χ0) is 15.9. The van der Waals surface area contributed by atoms with Crippen molar-refractivity contribution in [1.29, 1.82) is 0 Å². The van der Waals surface area contributed by atoms with Gasteiger partial charge in [0.1, 0.15) is 5.75 Å². The van der Waals surface area contributed by atoms with E-state index in [0.717, 1.165) is 11.3 Å². The van der Waals surface area contributed by atoms with Crippen LogP contribution in [0.5, 0.6) is 5.75 Å². The topological polar surface area (TPSA) is 75.6 Å². The average molecular weight is 299 g/mol. The number of carbonyl (C=O) groups is 2. The summed E-state index contributed by atoms with van der Waals surface area (Å²) in [6.45, 7) is 1.69. The van der Waals surface area contributed by atoms with Crippen LogP contribution in [0.25, 0.3) is 0 Å². The first-order valence-corrected chi connectivity index (χ1v) is 6.86. The molecule has 5 heteroatoms. The molecule has 0 radical (unpaired) electrons. The van der Waals surface area contributed by atoms with Gasteiger partial charge in [-0.15, -0.1) is 0 Å². The monoisotopic (exact) mass is 299 g/mol. The Labute approximate surface area is 128 Å². The van der Waals surface area contributed by atoms with Crippen molar-refractivity contribution >= 4 is 23.6 Å². The summed E-state index contributed by atoms with van der Waals surface area (Å²) in [7, 11) is 0. The molecule has 0 aliphatic carbocycles. The molecule has 5 nitrogen and oxygen atoms in total. The molecule has 0 saturated heterocycles. The lowest BCUT2D eigenvalue weighted by Crippen LogP contribution is -2.05. The minimum absolute atomic E-state index is 0.0719. The van der Waals surface area contributed by atoms with Crippen LogP contribution in [0.1, 0.15) is 22.8 Å². The number of rotatable bonds is 6. The Balaban J connectivity index is 2.13. The van der Waals surface area contributed by atoms with Gasteiger partial charge in [-0.05, 0) is 23.8 Å². The van der Waals surface area contributed by atoms with Gasteiger partial charge in [-0.25, -0.2) is 0 Å². The lowest BCUT2D eigenvalue weighted by atomic mass is 10.1. The molecule has 0 bridgehead atoms. The van der Waals surface area contributed by atoms with Gasteiger partial charge in [0, 0.05) is 30.8 Å². The Morgan fingerprint density at radius 3 is 2.73 bits per heavy atom. The van der Waals surface area contributed by atoms with Gasteiger partial charge in [0.15, 0.2) is 6.29 Å². The third-order valence-electron chi connectivity index (χ3n) is 3.13. The number of aromatic hydroxyl groups is 1. The highest BCUT2D eigenvalue weighted by Crippen LogP contribution is 2.25. The molecular formula is C17H17NO4. The molecule has 0 spiro atoms. The number of ether oxygens (including phenoxy) is 1. The van der Waals surface area contributed by atoms with E-state index in [4.69, 9.17) is 4.74 Å². The Kier molecular flexibility index (Phi) is 5.14. The summed E-state index contributed by atoms with van der Waals surface area (Å²) in [6, 6.07) is 12.4. The molecule has 0 heterocycles. The first-order valence-electron chi connectivity index (χ1n) is 6.86. The molecule has 22 heavy (non-hydrogen) atoms. The van der Waals surface area contributed by atoms with E-state index >= 15 is 0 Å². The standard InChI is InChI=1S/C17H17NO4/c1-12(20)22-9-8-13-4-2-3-5-16(13)18-15-7-6-14(11-19)17(21)10-15/h2-7,10-11,18,21H,8-9H2,1H3. The van der Waals surface area contributed by atoms with Crippen LogP contribution in [0.2, 0.25) is 0 Å². The van der Waals surface area contributed by atoms with E-state index in [0.29, 0.717) is 25.0 Å². The summed E-state index contributed by atoms with van der Waals surface area (Å²) < 4.78 is 4.95. The van der Waals surface area contributed by atoms with Crippen molar-refractivity contribution in [2.45, 2.75) is 13.3 Å². The lowest BCUT2D eigenvalue weighted by Gasteiger charge is -2.12. The number of hydrogen-bond donors (Lipinski definition) is 2. The third-order valence-corrected chi connectivity index (χ3v) is 3.13. The van der Waals surface area contributed by atoms with Gasteiger partial charge < -0.3 is 15.2 Å². The number of nitrogens with one attached hydrogen (secondary N) is 1. The average Bonchev–Trinajstić information content (AvgIpc) is 2.49. The molecule has 0 unspecified atom stereocenters. The second-order valence-corrected chi connectivity index (χ2v) is 4.76. The molecule has 0 aliphatic heterocycles. The van der Waals surface area contributed by atoms with Crippen LogP contribution in [-0.4, -0.2) is 24.0 Å². The predicted octanol–water partition coefficient (Wildman–Crippen LogP) is 3.05. The summed E-state index contributed by atoms with van der Waals surface area (Å²) in [5.41, 5.74) is 2.76.